The number of aliphatic hydroxyl groups is 1. The molecule has 0 aromatic heterocycles. The Kier molecular flexibility index (Phi) is 33.1. The third-order valence-corrected chi connectivity index (χ3v) is 0.438. The van der Waals surface area contributed by atoms with Crippen LogP contribution >= 0.6 is 0 Å². The quantitative estimate of drug-likeness (QED) is 0.525. The minimum Gasteiger partial charge on any atom is -0.853 e. The Balaban J connectivity index is -0.0000000457. The second-order valence-electron chi connectivity index (χ2n) is 1.77. The van der Waals surface area contributed by atoms with Crippen LogP contribution in [0.15, 0.2) is 0 Å². The van der Waals surface area contributed by atoms with Gasteiger partial charge in [0.15, 0.2) is 0 Å². The SMILES string of the molecule is CC(=[N-])CO.CC(=[N-])C[O-].[Mn+2].[Mn+2]. The molecule has 0 rings (SSSR count). The fourth-order valence-corrected chi connectivity index (χ4v) is 0. The summed E-state index contributed by atoms with van der Waals surface area (Å²) in [5.41, 5.74) is 0.00926. The maximum Gasteiger partial charge on any atom is 2.00 e. The molecule has 0 aliphatic rings. The summed E-state index contributed by atoms with van der Waals surface area (Å²) in [6, 6.07) is 0. The molecule has 0 amide bonds. The predicted octanol–water partition coefficient (Wildman–Crippen LogP) is -0.619. The van der Waals surface area contributed by atoms with Crippen LogP contribution in [0.25, 0.3) is 10.8 Å². The van der Waals surface area contributed by atoms with E-state index in [0.717, 1.165) is 0 Å². The van der Waals surface area contributed by atoms with E-state index in [0.29, 0.717) is 0 Å². The summed E-state index contributed by atoms with van der Waals surface area (Å²) in [6.45, 7) is 2.13. The zero-order valence-electron chi connectivity index (χ0n) is 6.92. The number of aliphatic hydroxyl groups excluding tert-OH is 1. The molecule has 0 saturated heterocycles. The van der Waals surface area contributed by atoms with Crippen LogP contribution in [-0.2, 0) is 34.1 Å². The molecule has 0 fully saturated rings. The molecule has 0 atom stereocenters. The second-order valence-corrected chi connectivity index (χ2v) is 1.77. The zero-order valence-corrected chi connectivity index (χ0v) is 9.28. The molecule has 12 heavy (non-hydrogen) atoms. The molecule has 1 N–H and O–H groups in total. The molecule has 4 nitrogen and oxygen atoms in total. The van der Waals surface area contributed by atoms with Gasteiger partial charge in [-0.05, 0) is 0 Å². The van der Waals surface area contributed by atoms with Crippen molar-refractivity contribution in [1.29, 1.82) is 0 Å². The smallest absolute Gasteiger partial charge is 0.853 e. The molecule has 0 heterocycles. The van der Waals surface area contributed by atoms with Crippen LogP contribution in [0.3, 0.4) is 0 Å². The van der Waals surface area contributed by atoms with Gasteiger partial charge in [-0.15, -0.1) is 6.61 Å². The van der Waals surface area contributed by atoms with Gasteiger partial charge in [0.25, 0.3) is 0 Å². The standard InChI is InChI=1S/C3H6NO.C3H5NO.2Mn/c2*1-3(4)2-5;;/h5H,2H2,1H3;2H2,1H3;;/q-1;-2;2*+2. The van der Waals surface area contributed by atoms with Crippen molar-refractivity contribution in [3.8, 4) is 0 Å². The van der Waals surface area contributed by atoms with Crippen LogP contribution in [0.4, 0.5) is 0 Å². The first kappa shape index (κ1) is 22.8. The molecule has 2 radical (unpaired) electrons. The van der Waals surface area contributed by atoms with Gasteiger partial charge in [-0.3, -0.25) is 0 Å². The van der Waals surface area contributed by atoms with Gasteiger partial charge in [-0.2, -0.15) is 5.71 Å². The first-order chi connectivity index (χ1) is 4.54. The average Bonchev–Trinajstić information content (AvgIpc) is 1.89. The summed E-state index contributed by atoms with van der Waals surface area (Å²) in [6.07, 6.45) is 0. The van der Waals surface area contributed by atoms with Gasteiger partial charge in [-0.1, -0.05) is 13.8 Å². The first-order valence-corrected chi connectivity index (χ1v) is 2.76. The van der Waals surface area contributed by atoms with E-state index >= 15 is 0 Å². The maximum atomic E-state index is 9.34. The summed E-state index contributed by atoms with van der Waals surface area (Å²) in [5.74, 6) is 0. The van der Waals surface area contributed by atoms with Crippen molar-refractivity contribution in [2.75, 3.05) is 13.2 Å². The number of hydrogen-bond acceptors (Lipinski definition) is 2. The van der Waals surface area contributed by atoms with Crippen LogP contribution in [0.5, 0.6) is 0 Å². The second kappa shape index (κ2) is 17.4. The molecular weight excluding hydrogens is 242 g/mol. The summed E-state index contributed by atoms with van der Waals surface area (Å²) >= 11 is 0. The van der Waals surface area contributed by atoms with Crippen molar-refractivity contribution in [3.05, 3.63) is 10.8 Å². The van der Waals surface area contributed by atoms with Crippen molar-refractivity contribution in [2.45, 2.75) is 13.8 Å². The van der Waals surface area contributed by atoms with E-state index in [4.69, 9.17) is 15.9 Å². The van der Waals surface area contributed by atoms with Gasteiger partial charge in [0.1, 0.15) is 0 Å². The molecule has 0 aliphatic heterocycles. The predicted molar refractivity (Wildman–Crippen MR) is 40.0 cm³/mol. The van der Waals surface area contributed by atoms with E-state index < -0.39 is 6.61 Å². The fraction of sp³-hybridized carbons (Fsp3) is 0.667. The third kappa shape index (κ3) is 48.2. The monoisotopic (exact) mass is 253 g/mol. The summed E-state index contributed by atoms with van der Waals surface area (Å²) < 4.78 is 0. The molecule has 70 valence electrons. The Labute approximate surface area is 93.7 Å². The number of hydrogen-bond donors (Lipinski definition) is 1. The first-order valence-electron chi connectivity index (χ1n) is 2.76. The summed E-state index contributed by atoms with van der Waals surface area (Å²) in [5, 5.41) is 33.2. The molecule has 6 heteroatoms. The van der Waals surface area contributed by atoms with Gasteiger partial charge in [-0.25, -0.2) is 5.71 Å². The van der Waals surface area contributed by atoms with Crippen LogP contribution in [-0.4, -0.2) is 29.7 Å². The van der Waals surface area contributed by atoms with Crippen molar-refractivity contribution < 1.29 is 44.4 Å². The molecule has 0 spiro atoms. The maximum absolute atomic E-state index is 9.34. The van der Waals surface area contributed by atoms with Crippen molar-refractivity contribution >= 4 is 11.4 Å². The summed E-state index contributed by atoms with van der Waals surface area (Å²) in [4.78, 5) is 0. The van der Waals surface area contributed by atoms with Crippen LogP contribution in [0, 0.1) is 0 Å². The molecule has 0 aromatic carbocycles. The Morgan fingerprint density at radius 1 is 1.17 bits per heavy atom. The van der Waals surface area contributed by atoms with Gasteiger partial charge in [0, 0.05) is 6.61 Å². The summed E-state index contributed by atoms with van der Waals surface area (Å²) in [7, 11) is 0. The Bertz CT molecular complexity index is 106. The van der Waals surface area contributed by atoms with E-state index in [-0.39, 0.29) is 52.2 Å². The zero-order chi connectivity index (χ0) is 8.57. The molecule has 0 saturated carbocycles. The van der Waals surface area contributed by atoms with Gasteiger partial charge >= 0.3 is 34.1 Å². The topological polar surface area (TPSA) is 87.9 Å². The average molecular weight is 253 g/mol. The van der Waals surface area contributed by atoms with Gasteiger partial charge in [0.05, 0.1) is 0 Å². The molecule has 0 unspecified atom stereocenters. The van der Waals surface area contributed by atoms with Crippen molar-refractivity contribution in [1.82, 2.24) is 0 Å². The van der Waals surface area contributed by atoms with Crippen molar-refractivity contribution in [2.24, 2.45) is 0 Å². The minimum absolute atomic E-state index is 0. The third-order valence-electron chi connectivity index (χ3n) is 0.438. The number of nitrogens with zero attached hydrogens (tertiary/aromatic N) is 2. The van der Waals surface area contributed by atoms with Gasteiger partial charge < -0.3 is 21.0 Å². The van der Waals surface area contributed by atoms with Crippen LogP contribution in [0.2, 0.25) is 0 Å². The van der Waals surface area contributed by atoms with E-state index in [2.05, 4.69) is 0 Å². The largest absolute Gasteiger partial charge is 2.00 e. The Morgan fingerprint density at radius 2 is 1.33 bits per heavy atom. The minimum atomic E-state index is -0.472. The number of rotatable bonds is 2. The molecule has 0 aliphatic carbocycles. The Morgan fingerprint density at radius 3 is 1.33 bits per heavy atom. The van der Waals surface area contributed by atoms with Crippen molar-refractivity contribution in [3.63, 3.8) is 0 Å². The van der Waals surface area contributed by atoms with Crippen LogP contribution < -0.4 is 5.11 Å². The molecular formula is C6H11Mn2N2O2+. The molecule has 0 aromatic rings. The molecule has 0 bridgehead atoms. The van der Waals surface area contributed by atoms with Gasteiger partial charge in [0.2, 0.25) is 0 Å². The van der Waals surface area contributed by atoms with E-state index in [9.17, 15) is 5.11 Å². The van der Waals surface area contributed by atoms with Crippen LogP contribution in [0.1, 0.15) is 13.8 Å². The van der Waals surface area contributed by atoms with E-state index in [1.807, 2.05) is 0 Å². The van der Waals surface area contributed by atoms with E-state index in [1.54, 1.807) is 0 Å². The normalized spacial score (nSPS) is 6.33. The Hall–Kier alpha value is 0.299. The van der Waals surface area contributed by atoms with E-state index in [1.165, 1.54) is 13.8 Å². The fourth-order valence-electron chi connectivity index (χ4n) is 0.